The lowest BCUT2D eigenvalue weighted by Crippen LogP contribution is -2.33. The minimum atomic E-state index is -4.18. The van der Waals surface area contributed by atoms with Gasteiger partial charge in [-0.25, -0.2) is 17.2 Å². The van der Waals surface area contributed by atoms with Crippen LogP contribution >= 0.6 is 0 Å². The third kappa shape index (κ3) is 3.68. The molecule has 0 saturated carbocycles. The van der Waals surface area contributed by atoms with Gasteiger partial charge in [-0.2, -0.15) is 4.31 Å². The van der Waals surface area contributed by atoms with Gasteiger partial charge in [-0.15, -0.1) is 0 Å². The molecule has 2 aromatic carbocycles. The van der Waals surface area contributed by atoms with E-state index in [-0.39, 0.29) is 13.1 Å². The molecule has 0 bridgehead atoms. The lowest BCUT2D eigenvalue weighted by molar-refractivity contribution is 0.250. The fourth-order valence-corrected chi connectivity index (χ4v) is 3.47. The van der Waals surface area contributed by atoms with E-state index in [1.54, 1.807) is 30.3 Å². The van der Waals surface area contributed by atoms with Gasteiger partial charge in [-0.3, -0.25) is 0 Å². The number of benzene rings is 2. The normalized spacial score (nSPS) is 11.8. The number of rotatable bonds is 6. The van der Waals surface area contributed by atoms with Crippen molar-refractivity contribution in [2.45, 2.75) is 11.4 Å². The van der Waals surface area contributed by atoms with E-state index in [9.17, 15) is 17.2 Å². The molecule has 4 nitrogen and oxygen atoms in total. The number of hydrogen-bond donors (Lipinski definition) is 1. The minimum absolute atomic E-state index is 0.0133. The molecule has 1 N–H and O–H groups in total. The van der Waals surface area contributed by atoms with Crippen molar-refractivity contribution >= 4 is 10.0 Å². The molecule has 7 heteroatoms. The van der Waals surface area contributed by atoms with Gasteiger partial charge in [0.15, 0.2) is 0 Å². The van der Waals surface area contributed by atoms with Gasteiger partial charge in [0.1, 0.15) is 16.5 Å². The second-order valence-electron chi connectivity index (χ2n) is 4.62. The zero-order valence-electron chi connectivity index (χ0n) is 11.6. The van der Waals surface area contributed by atoms with Crippen molar-refractivity contribution in [3.05, 3.63) is 65.7 Å². The van der Waals surface area contributed by atoms with Crippen molar-refractivity contribution in [3.8, 4) is 0 Å². The SMILES string of the molecule is O=S(=O)(c1ccc(F)cc1F)N(CCO)Cc1ccccc1. The monoisotopic (exact) mass is 327 g/mol. The Kier molecular flexibility index (Phi) is 5.23. The maximum absolute atomic E-state index is 13.8. The largest absolute Gasteiger partial charge is 0.395 e. The van der Waals surface area contributed by atoms with Crippen molar-refractivity contribution in [2.24, 2.45) is 0 Å². The first-order chi connectivity index (χ1) is 10.4. The Balaban J connectivity index is 2.37. The van der Waals surface area contributed by atoms with E-state index >= 15 is 0 Å². The van der Waals surface area contributed by atoms with Crippen LogP contribution in [-0.2, 0) is 16.6 Å². The molecular weight excluding hydrogens is 312 g/mol. The zero-order valence-corrected chi connectivity index (χ0v) is 12.4. The number of aliphatic hydroxyl groups excluding tert-OH is 1. The standard InChI is InChI=1S/C15H15F2NO3S/c16-13-6-7-15(14(17)10-13)22(20,21)18(8-9-19)11-12-4-2-1-3-5-12/h1-7,10,19H,8-9,11H2. The van der Waals surface area contributed by atoms with Crippen molar-refractivity contribution in [3.63, 3.8) is 0 Å². The van der Waals surface area contributed by atoms with E-state index in [1.807, 2.05) is 0 Å². The van der Waals surface area contributed by atoms with Gasteiger partial charge in [-0.05, 0) is 17.7 Å². The van der Waals surface area contributed by atoms with Crippen molar-refractivity contribution in [1.82, 2.24) is 4.31 Å². The van der Waals surface area contributed by atoms with E-state index < -0.39 is 33.2 Å². The summed E-state index contributed by atoms with van der Waals surface area (Å²) in [5, 5.41) is 9.08. The molecule has 0 aliphatic heterocycles. The van der Waals surface area contributed by atoms with Crippen LogP contribution in [0.3, 0.4) is 0 Å². The van der Waals surface area contributed by atoms with Crippen molar-refractivity contribution < 1.29 is 22.3 Å². The number of aliphatic hydroxyl groups is 1. The van der Waals surface area contributed by atoms with Crippen LogP contribution in [0, 0.1) is 11.6 Å². The van der Waals surface area contributed by atoms with Gasteiger partial charge in [0.25, 0.3) is 0 Å². The summed E-state index contributed by atoms with van der Waals surface area (Å²) in [5.41, 5.74) is 0.696. The lowest BCUT2D eigenvalue weighted by atomic mass is 10.2. The van der Waals surface area contributed by atoms with Gasteiger partial charge in [0, 0.05) is 19.2 Å². The molecule has 0 unspecified atom stereocenters. The molecule has 22 heavy (non-hydrogen) atoms. The van der Waals surface area contributed by atoms with E-state index in [4.69, 9.17) is 5.11 Å². The van der Waals surface area contributed by atoms with E-state index in [0.717, 1.165) is 16.4 Å². The number of halogens is 2. The highest BCUT2D eigenvalue weighted by atomic mass is 32.2. The third-order valence-electron chi connectivity index (χ3n) is 3.06. The first-order valence-corrected chi connectivity index (χ1v) is 7.99. The van der Waals surface area contributed by atoms with Gasteiger partial charge in [0.2, 0.25) is 10.0 Å². The quantitative estimate of drug-likeness (QED) is 0.884. The highest BCUT2D eigenvalue weighted by Crippen LogP contribution is 2.21. The van der Waals surface area contributed by atoms with Crippen LogP contribution in [0.5, 0.6) is 0 Å². The van der Waals surface area contributed by atoms with Crippen LogP contribution in [0.2, 0.25) is 0 Å². The number of hydrogen-bond acceptors (Lipinski definition) is 3. The molecule has 0 fully saturated rings. The lowest BCUT2D eigenvalue weighted by Gasteiger charge is -2.21. The molecule has 0 saturated heterocycles. The van der Waals surface area contributed by atoms with E-state index in [2.05, 4.69) is 0 Å². The molecule has 0 aromatic heterocycles. The summed E-state index contributed by atoms with van der Waals surface area (Å²) < 4.78 is 52.7. The van der Waals surface area contributed by atoms with Crippen molar-refractivity contribution in [2.75, 3.05) is 13.2 Å². The Morgan fingerprint density at radius 1 is 1.05 bits per heavy atom. The molecule has 0 spiro atoms. The summed E-state index contributed by atoms with van der Waals surface area (Å²) in [6.45, 7) is -0.608. The van der Waals surface area contributed by atoms with Crippen LogP contribution < -0.4 is 0 Å². The molecule has 2 aromatic rings. The molecule has 0 radical (unpaired) electrons. The highest BCUT2D eigenvalue weighted by molar-refractivity contribution is 7.89. The number of sulfonamides is 1. The predicted molar refractivity (Wildman–Crippen MR) is 77.5 cm³/mol. The summed E-state index contributed by atoms with van der Waals surface area (Å²) >= 11 is 0. The Morgan fingerprint density at radius 3 is 2.32 bits per heavy atom. The second-order valence-corrected chi connectivity index (χ2v) is 6.53. The molecule has 118 valence electrons. The molecule has 0 aliphatic carbocycles. The maximum Gasteiger partial charge on any atom is 0.246 e. The van der Waals surface area contributed by atoms with Gasteiger partial charge in [-0.1, -0.05) is 30.3 Å². The summed E-state index contributed by atoms with van der Waals surface area (Å²) in [4.78, 5) is -0.613. The molecule has 2 rings (SSSR count). The Bertz CT molecular complexity index is 736. The first kappa shape index (κ1) is 16.5. The van der Waals surface area contributed by atoms with Crippen LogP contribution in [0.1, 0.15) is 5.56 Å². The maximum atomic E-state index is 13.8. The minimum Gasteiger partial charge on any atom is -0.395 e. The van der Waals surface area contributed by atoms with Gasteiger partial charge >= 0.3 is 0 Å². The van der Waals surface area contributed by atoms with Crippen LogP contribution in [0.4, 0.5) is 8.78 Å². The summed E-state index contributed by atoms with van der Waals surface area (Å²) in [6, 6.07) is 11.0. The van der Waals surface area contributed by atoms with Crippen LogP contribution in [0.25, 0.3) is 0 Å². The topological polar surface area (TPSA) is 57.6 Å². The van der Waals surface area contributed by atoms with Crippen molar-refractivity contribution in [1.29, 1.82) is 0 Å². The Hall–Kier alpha value is -1.83. The van der Waals surface area contributed by atoms with E-state index in [0.29, 0.717) is 11.6 Å². The average Bonchev–Trinajstić information content (AvgIpc) is 2.47. The molecule has 0 atom stereocenters. The summed E-state index contributed by atoms with van der Waals surface area (Å²) in [6.07, 6.45) is 0. The van der Waals surface area contributed by atoms with Gasteiger partial charge in [0.05, 0.1) is 6.61 Å². The van der Waals surface area contributed by atoms with Crippen LogP contribution in [0.15, 0.2) is 53.4 Å². The number of nitrogens with zero attached hydrogens (tertiary/aromatic N) is 1. The zero-order chi connectivity index (χ0) is 16.2. The van der Waals surface area contributed by atoms with Crippen LogP contribution in [-0.4, -0.2) is 31.0 Å². The first-order valence-electron chi connectivity index (χ1n) is 6.55. The smallest absolute Gasteiger partial charge is 0.246 e. The van der Waals surface area contributed by atoms with E-state index in [1.165, 1.54) is 0 Å². The molecule has 0 heterocycles. The summed E-state index contributed by atoms with van der Waals surface area (Å²) in [5.74, 6) is -2.01. The molecule has 0 amide bonds. The third-order valence-corrected chi connectivity index (χ3v) is 4.94. The molecule has 0 aliphatic rings. The Labute approximate surface area is 127 Å². The fraction of sp³-hybridized carbons (Fsp3) is 0.200. The fourth-order valence-electron chi connectivity index (χ4n) is 2.01. The highest BCUT2D eigenvalue weighted by Gasteiger charge is 2.27. The second kappa shape index (κ2) is 6.95. The molecular formula is C15H15F2NO3S. The average molecular weight is 327 g/mol. The van der Waals surface area contributed by atoms with Gasteiger partial charge < -0.3 is 5.11 Å². The predicted octanol–water partition coefficient (Wildman–Crippen LogP) is 2.15. The Morgan fingerprint density at radius 2 is 1.73 bits per heavy atom. The summed E-state index contributed by atoms with van der Waals surface area (Å²) in [7, 11) is -4.18.